The molecular formula is C10H13O. The molecule has 0 spiro atoms. The molecular weight excluding hydrogens is 136 g/mol. The molecule has 59 valence electrons. The largest absolute Gasteiger partial charge is 0.295 e. The monoisotopic (exact) mass is 149 g/mol. The molecule has 1 nitrogen and oxygen atoms in total. The van der Waals surface area contributed by atoms with Crippen molar-refractivity contribution < 1.29 is 4.79 Å². The minimum Gasteiger partial charge on any atom is -0.295 e. The van der Waals surface area contributed by atoms with E-state index in [0.29, 0.717) is 6.42 Å². The molecule has 0 aromatic carbocycles. The SMILES string of the molecule is [CH2]CCCC1=CCC(=O)C=C1. The van der Waals surface area contributed by atoms with Gasteiger partial charge in [0.05, 0.1) is 0 Å². The minimum absolute atomic E-state index is 0.211. The highest BCUT2D eigenvalue weighted by atomic mass is 16.1. The van der Waals surface area contributed by atoms with E-state index >= 15 is 0 Å². The summed E-state index contributed by atoms with van der Waals surface area (Å²) in [5, 5.41) is 0. The molecule has 0 heterocycles. The van der Waals surface area contributed by atoms with E-state index in [9.17, 15) is 4.79 Å². The third-order valence-electron chi connectivity index (χ3n) is 1.76. The van der Waals surface area contributed by atoms with Gasteiger partial charge in [-0.05, 0) is 18.9 Å². The molecule has 1 aliphatic rings. The zero-order chi connectivity index (χ0) is 8.10. The van der Waals surface area contributed by atoms with Gasteiger partial charge in [-0.3, -0.25) is 4.79 Å². The van der Waals surface area contributed by atoms with Crippen LogP contribution in [0.4, 0.5) is 0 Å². The zero-order valence-electron chi connectivity index (χ0n) is 6.68. The molecule has 0 fully saturated rings. The minimum atomic E-state index is 0.211. The zero-order valence-corrected chi connectivity index (χ0v) is 6.68. The molecule has 1 aliphatic carbocycles. The summed E-state index contributed by atoms with van der Waals surface area (Å²) in [6, 6.07) is 0. The number of hydrogen-bond acceptors (Lipinski definition) is 1. The van der Waals surface area contributed by atoms with Crippen molar-refractivity contribution in [2.45, 2.75) is 25.7 Å². The standard InChI is InChI=1S/C10H13O/c1-2-3-4-9-5-7-10(11)8-6-9/h5-7H,1-4,8H2. The lowest BCUT2D eigenvalue weighted by molar-refractivity contribution is -0.113. The van der Waals surface area contributed by atoms with Crippen LogP contribution in [-0.2, 0) is 4.79 Å². The van der Waals surface area contributed by atoms with E-state index < -0.39 is 0 Å². The number of hydrogen-bond donors (Lipinski definition) is 0. The van der Waals surface area contributed by atoms with Crippen molar-refractivity contribution >= 4 is 5.78 Å². The quantitative estimate of drug-likeness (QED) is 0.602. The van der Waals surface area contributed by atoms with Gasteiger partial charge < -0.3 is 0 Å². The normalized spacial score (nSPS) is 16.8. The maximum Gasteiger partial charge on any atom is 0.159 e. The van der Waals surface area contributed by atoms with Gasteiger partial charge >= 0.3 is 0 Å². The fraction of sp³-hybridized carbons (Fsp3) is 0.400. The number of carbonyl (C=O) groups is 1. The molecule has 1 heteroatoms. The van der Waals surface area contributed by atoms with Gasteiger partial charge in [-0.25, -0.2) is 0 Å². The summed E-state index contributed by atoms with van der Waals surface area (Å²) < 4.78 is 0. The number of carbonyl (C=O) groups excluding carboxylic acids is 1. The molecule has 11 heavy (non-hydrogen) atoms. The van der Waals surface area contributed by atoms with Gasteiger partial charge in [0.1, 0.15) is 0 Å². The summed E-state index contributed by atoms with van der Waals surface area (Å²) in [5.41, 5.74) is 1.29. The highest BCUT2D eigenvalue weighted by Crippen LogP contribution is 2.13. The highest BCUT2D eigenvalue weighted by molar-refractivity contribution is 5.92. The average Bonchev–Trinajstić information content (AvgIpc) is 2.04. The van der Waals surface area contributed by atoms with Crippen LogP contribution >= 0.6 is 0 Å². The Bertz CT molecular complexity index is 199. The molecule has 0 N–H and O–H groups in total. The molecule has 0 atom stereocenters. The Kier molecular flexibility index (Phi) is 3.09. The first kappa shape index (κ1) is 8.25. The Morgan fingerprint density at radius 3 is 2.82 bits per heavy atom. The topological polar surface area (TPSA) is 17.1 Å². The number of rotatable bonds is 3. The van der Waals surface area contributed by atoms with Crippen LogP contribution in [0.5, 0.6) is 0 Å². The second-order valence-electron chi connectivity index (χ2n) is 2.74. The maximum atomic E-state index is 10.7. The second kappa shape index (κ2) is 4.12. The van der Waals surface area contributed by atoms with E-state index in [1.807, 2.05) is 12.2 Å². The number of allylic oxidation sites excluding steroid dienone is 4. The van der Waals surface area contributed by atoms with Crippen molar-refractivity contribution in [3.63, 3.8) is 0 Å². The van der Waals surface area contributed by atoms with E-state index in [-0.39, 0.29) is 5.78 Å². The lowest BCUT2D eigenvalue weighted by Gasteiger charge is -2.04. The lowest BCUT2D eigenvalue weighted by Crippen LogP contribution is -1.96. The van der Waals surface area contributed by atoms with Gasteiger partial charge in [-0.2, -0.15) is 0 Å². The van der Waals surface area contributed by atoms with Crippen LogP contribution in [-0.4, -0.2) is 5.78 Å². The third kappa shape index (κ3) is 2.71. The third-order valence-corrected chi connectivity index (χ3v) is 1.76. The smallest absolute Gasteiger partial charge is 0.159 e. The highest BCUT2D eigenvalue weighted by Gasteiger charge is 2.01. The van der Waals surface area contributed by atoms with Gasteiger partial charge in [0, 0.05) is 6.42 Å². The Labute approximate surface area is 67.8 Å². The van der Waals surface area contributed by atoms with Crippen LogP contribution < -0.4 is 0 Å². The lowest BCUT2D eigenvalue weighted by atomic mass is 10.0. The first-order valence-electron chi connectivity index (χ1n) is 4.02. The first-order chi connectivity index (χ1) is 5.33. The van der Waals surface area contributed by atoms with E-state index in [0.717, 1.165) is 19.3 Å². The van der Waals surface area contributed by atoms with Crippen molar-refractivity contribution in [2.75, 3.05) is 0 Å². The Hall–Kier alpha value is -0.850. The molecule has 0 aromatic heterocycles. The molecule has 0 unspecified atom stereocenters. The van der Waals surface area contributed by atoms with E-state index in [4.69, 9.17) is 0 Å². The fourth-order valence-electron chi connectivity index (χ4n) is 1.08. The Balaban J connectivity index is 2.37. The van der Waals surface area contributed by atoms with E-state index in [1.54, 1.807) is 6.08 Å². The molecule has 1 rings (SSSR count). The predicted octanol–water partition coefficient (Wildman–Crippen LogP) is 2.45. The van der Waals surface area contributed by atoms with Crippen LogP contribution in [0, 0.1) is 6.92 Å². The summed E-state index contributed by atoms with van der Waals surface area (Å²) >= 11 is 0. The molecule has 0 saturated heterocycles. The second-order valence-corrected chi connectivity index (χ2v) is 2.74. The van der Waals surface area contributed by atoms with Crippen molar-refractivity contribution in [1.82, 2.24) is 0 Å². The van der Waals surface area contributed by atoms with Crippen molar-refractivity contribution in [1.29, 1.82) is 0 Å². The van der Waals surface area contributed by atoms with Gasteiger partial charge in [0.2, 0.25) is 0 Å². The summed E-state index contributed by atoms with van der Waals surface area (Å²) in [6.45, 7) is 3.77. The van der Waals surface area contributed by atoms with Crippen LogP contribution in [0.15, 0.2) is 23.8 Å². The van der Waals surface area contributed by atoms with Crippen molar-refractivity contribution in [3.8, 4) is 0 Å². The van der Waals surface area contributed by atoms with Crippen LogP contribution in [0.25, 0.3) is 0 Å². The summed E-state index contributed by atoms with van der Waals surface area (Å²) in [7, 11) is 0. The summed E-state index contributed by atoms with van der Waals surface area (Å²) in [6.07, 6.45) is 9.33. The van der Waals surface area contributed by atoms with Gasteiger partial charge in [0.15, 0.2) is 5.78 Å². The Morgan fingerprint density at radius 1 is 1.45 bits per heavy atom. The van der Waals surface area contributed by atoms with E-state index in [2.05, 4.69) is 6.92 Å². The Morgan fingerprint density at radius 2 is 2.27 bits per heavy atom. The number of ketones is 1. The van der Waals surface area contributed by atoms with Gasteiger partial charge in [-0.15, -0.1) is 0 Å². The van der Waals surface area contributed by atoms with Gasteiger partial charge in [0.25, 0.3) is 0 Å². The predicted molar refractivity (Wildman–Crippen MR) is 46.1 cm³/mol. The molecule has 0 amide bonds. The molecule has 1 radical (unpaired) electrons. The maximum absolute atomic E-state index is 10.7. The van der Waals surface area contributed by atoms with Crippen molar-refractivity contribution in [3.05, 3.63) is 30.7 Å². The summed E-state index contributed by atoms with van der Waals surface area (Å²) in [4.78, 5) is 10.7. The summed E-state index contributed by atoms with van der Waals surface area (Å²) in [5.74, 6) is 0.211. The van der Waals surface area contributed by atoms with Crippen LogP contribution in [0.2, 0.25) is 0 Å². The van der Waals surface area contributed by atoms with Crippen LogP contribution in [0.3, 0.4) is 0 Å². The molecule has 0 aromatic rings. The fourth-order valence-corrected chi connectivity index (χ4v) is 1.08. The van der Waals surface area contributed by atoms with Gasteiger partial charge in [-0.1, -0.05) is 31.1 Å². The molecule has 0 saturated carbocycles. The van der Waals surface area contributed by atoms with Crippen LogP contribution in [0.1, 0.15) is 25.7 Å². The van der Waals surface area contributed by atoms with E-state index in [1.165, 1.54) is 5.57 Å². The first-order valence-corrected chi connectivity index (χ1v) is 4.02. The molecule has 0 bridgehead atoms. The van der Waals surface area contributed by atoms with Crippen molar-refractivity contribution in [2.24, 2.45) is 0 Å². The number of unbranched alkanes of at least 4 members (excludes halogenated alkanes) is 1. The average molecular weight is 149 g/mol. The molecule has 0 aliphatic heterocycles.